The van der Waals surface area contributed by atoms with Crippen molar-refractivity contribution in [2.24, 2.45) is 35.3 Å². The first-order chi connectivity index (χ1) is 8.84. The Bertz CT molecular complexity index is 254. The Morgan fingerprint density at radius 2 is 1.74 bits per heavy atom. The molecule has 0 aromatic heterocycles. The van der Waals surface area contributed by atoms with E-state index in [-0.39, 0.29) is 5.54 Å². The van der Waals surface area contributed by atoms with E-state index in [1.807, 2.05) is 0 Å². The highest BCUT2D eigenvalue weighted by Gasteiger charge is 2.40. The van der Waals surface area contributed by atoms with E-state index in [4.69, 9.17) is 5.73 Å². The van der Waals surface area contributed by atoms with Gasteiger partial charge in [-0.25, -0.2) is 0 Å². The maximum Gasteiger partial charge on any atom is 0.0332 e. The monoisotopic (exact) mass is 268 g/mol. The minimum Gasteiger partial charge on any atom is -0.329 e. The van der Waals surface area contributed by atoms with Gasteiger partial charge >= 0.3 is 0 Å². The molecule has 19 heavy (non-hydrogen) atoms. The van der Waals surface area contributed by atoms with Crippen molar-refractivity contribution in [3.8, 4) is 0 Å². The summed E-state index contributed by atoms with van der Waals surface area (Å²) < 4.78 is 0. The van der Waals surface area contributed by atoms with Crippen LogP contribution in [0, 0.1) is 29.6 Å². The average Bonchev–Trinajstić information content (AvgIpc) is 2.34. The van der Waals surface area contributed by atoms with E-state index in [2.05, 4.69) is 46.9 Å². The molecule has 0 heterocycles. The van der Waals surface area contributed by atoms with Crippen LogP contribution in [0.1, 0.15) is 60.8 Å². The largest absolute Gasteiger partial charge is 0.329 e. The van der Waals surface area contributed by atoms with Crippen molar-refractivity contribution >= 4 is 0 Å². The zero-order chi connectivity index (χ0) is 14.6. The van der Waals surface area contributed by atoms with Gasteiger partial charge in [0.05, 0.1) is 0 Å². The van der Waals surface area contributed by atoms with Crippen LogP contribution >= 0.6 is 0 Å². The lowest BCUT2D eigenvalue weighted by Gasteiger charge is -2.47. The van der Waals surface area contributed by atoms with Crippen LogP contribution in [0.25, 0.3) is 0 Å². The van der Waals surface area contributed by atoms with Gasteiger partial charge in [-0.2, -0.15) is 0 Å². The number of hydrogen-bond acceptors (Lipinski definition) is 2. The Kier molecular flexibility index (Phi) is 6.32. The Hall–Kier alpha value is -0.0800. The van der Waals surface area contributed by atoms with Crippen LogP contribution in [0.15, 0.2) is 0 Å². The fourth-order valence-electron chi connectivity index (χ4n) is 3.93. The van der Waals surface area contributed by atoms with Crippen molar-refractivity contribution in [3.63, 3.8) is 0 Å². The van der Waals surface area contributed by atoms with E-state index < -0.39 is 0 Å². The van der Waals surface area contributed by atoms with Gasteiger partial charge in [-0.05, 0) is 42.6 Å². The van der Waals surface area contributed by atoms with Gasteiger partial charge in [-0.15, -0.1) is 0 Å². The SMILES string of the molecule is CC(C)C(CNC1(CN)CCCC(C)C1C)C(C)C. The molecule has 1 aliphatic carbocycles. The highest BCUT2D eigenvalue weighted by atomic mass is 15.0. The van der Waals surface area contributed by atoms with Crippen molar-refractivity contribution < 1.29 is 0 Å². The quantitative estimate of drug-likeness (QED) is 0.771. The van der Waals surface area contributed by atoms with Crippen molar-refractivity contribution in [2.45, 2.75) is 66.3 Å². The molecule has 2 heteroatoms. The van der Waals surface area contributed by atoms with Gasteiger partial charge < -0.3 is 11.1 Å². The van der Waals surface area contributed by atoms with Crippen LogP contribution in [-0.4, -0.2) is 18.6 Å². The molecule has 0 bridgehead atoms. The molecular weight excluding hydrogens is 232 g/mol. The van der Waals surface area contributed by atoms with Crippen molar-refractivity contribution in [2.75, 3.05) is 13.1 Å². The van der Waals surface area contributed by atoms with Gasteiger partial charge in [0.15, 0.2) is 0 Å². The summed E-state index contributed by atoms with van der Waals surface area (Å²) in [6.45, 7) is 16.0. The van der Waals surface area contributed by atoms with E-state index >= 15 is 0 Å². The predicted molar refractivity (Wildman–Crippen MR) is 85.1 cm³/mol. The molecule has 0 spiro atoms. The Balaban J connectivity index is 2.70. The number of nitrogens with two attached hydrogens (primary N) is 1. The predicted octanol–water partition coefficient (Wildman–Crippen LogP) is 3.66. The normalized spacial score (nSPS) is 32.5. The Morgan fingerprint density at radius 3 is 2.21 bits per heavy atom. The van der Waals surface area contributed by atoms with E-state index in [9.17, 15) is 0 Å². The molecule has 3 unspecified atom stereocenters. The van der Waals surface area contributed by atoms with Gasteiger partial charge in [0.2, 0.25) is 0 Å². The third-order valence-corrected chi connectivity index (χ3v) is 5.77. The molecule has 1 fully saturated rings. The van der Waals surface area contributed by atoms with Gasteiger partial charge in [-0.3, -0.25) is 0 Å². The molecule has 114 valence electrons. The second-order valence-electron chi connectivity index (χ2n) is 7.55. The maximum absolute atomic E-state index is 6.17. The van der Waals surface area contributed by atoms with Crippen LogP contribution in [0.4, 0.5) is 0 Å². The first kappa shape index (κ1) is 17.0. The van der Waals surface area contributed by atoms with Gasteiger partial charge in [0, 0.05) is 12.1 Å². The van der Waals surface area contributed by atoms with Gasteiger partial charge in [0.25, 0.3) is 0 Å². The molecule has 0 aliphatic heterocycles. The highest BCUT2D eigenvalue weighted by molar-refractivity contribution is 4.99. The van der Waals surface area contributed by atoms with Crippen LogP contribution in [0.2, 0.25) is 0 Å². The highest BCUT2D eigenvalue weighted by Crippen LogP contribution is 2.37. The summed E-state index contributed by atoms with van der Waals surface area (Å²) >= 11 is 0. The number of nitrogens with one attached hydrogen (secondary N) is 1. The third-order valence-electron chi connectivity index (χ3n) is 5.77. The van der Waals surface area contributed by atoms with Gasteiger partial charge in [0.1, 0.15) is 0 Å². The minimum atomic E-state index is 0.180. The molecule has 3 N–H and O–H groups in total. The van der Waals surface area contributed by atoms with Crippen LogP contribution < -0.4 is 11.1 Å². The summed E-state index contributed by atoms with van der Waals surface area (Å²) in [6.07, 6.45) is 3.93. The average molecular weight is 268 g/mol. The zero-order valence-corrected chi connectivity index (χ0v) is 14.0. The molecule has 0 radical (unpaired) electrons. The lowest BCUT2D eigenvalue weighted by Crippen LogP contribution is -2.60. The van der Waals surface area contributed by atoms with Crippen molar-refractivity contribution in [1.29, 1.82) is 0 Å². The van der Waals surface area contributed by atoms with E-state index in [1.165, 1.54) is 19.3 Å². The Labute approximate surface area is 120 Å². The van der Waals surface area contributed by atoms with Crippen LogP contribution in [0.3, 0.4) is 0 Å². The summed E-state index contributed by atoms with van der Waals surface area (Å²) in [5, 5.41) is 3.90. The summed E-state index contributed by atoms with van der Waals surface area (Å²) in [7, 11) is 0. The third kappa shape index (κ3) is 3.95. The van der Waals surface area contributed by atoms with Crippen molar-refractivity contribution in [1.82, 2.24) is 5.32 Å². The Morgan fingerprint density at radius 1 is 1.16 bits per heavy atom. The molecule has 0 aromatic carbocycles. The topological polar surface area (TPSA) is 38.0 Å². The fourth-order valence-corrected chi connectivity index (χ4v) is 3.93. The van der Waals surface area contributed by atoms with Gasteiger partial charge in [-0.1, -0.05) is 54.4 Å². The van der Waals surface area contributed by atoms with E-state index in [0.717, 1.165) is 36.8 Å². The molecule has 0 saturated heterocycles. The standard InChI is InChI=1S/C17H36N2/c1-12(2)16(13(3)4)10-19-17(11-18)9-7-8-14(5)15(17)6/h12-16,19H,7-11,18H2,1-6H3. The molecule has 1 rings (SSSR count). The molecule has 1 saturated carbocycles. The van der Waals surface area contributed by atoms with E-state index in [1.54, 1.807) is 0 Å². The smallest absolute Gasteiger partial charge is 0.0332 e. The van der Waals surface area contributed by atoms with Crippen molar-refractivity contribution in [3.05, 3.63) is 0 Å². The second kappa shape index (κ2) is 7.08. The molecule has 2 nitrogen and oxygen atoms in total. The molecule has 1 aliphatic rings. The summed E-state index contributed by atoms with van der Waals surface area (Å²) in [5.74, 6) is 3.69. The lowest BCUT2D eigenvalue weighted by molar-refractivity contribution is 0.0984. The molecule has 0 amide bonds. The van der Waals surface area contributed by atoms with Crippen LogP contribution in [-0.2, 0) is 0 Å². The summed E-state index contributed by atoms with van der Waals surface area (Å²) in [6, 6.07) is 0. The second-order valence-corrected chi connectivity index (χ2v) is 7.55. The van der Waals surface area contributed by atoms with E-state index in [0.29, 0.717) is 5.92 Å². The molecule has 0 aromatic rings. The summed E-state index contributed by atoms with van der Waals surface area (Å²) in [5.41, 5.74) is 6.35. The molecule has 3 atom stereocenters. The lowest BCUT2D eigenvalue weighted by atomic mass is 9.68. The molecular formula is C17H36N2. The maximum atomic E-state index is 6.17. The first-order valence-electron chi connectivity index (χ1n) is 8.29. The van der Waals surface area contributed by atoms with Crippen LogP contribution in [0.5, 0.6) is 0 Å². The summed E-state index contributed by atoms with van der Waals surface area (Å²) in [4.78, 5) is 0. The minimum absolute atomic E-state index is 0.180. The zero-order valence-electron chi connectivity index (χ0n) is 14.0. The number of rotatable bonds is 6. The fraction of sp³-hybridized carbons (Fsp3) is 1.00. The first-order valence-corrected chi connectivity index (χ1v) is 8.29. The number of hydrogen-bond donors (Lipinski definition) is 2.